The van der Waals surface area contributed by atoms with Crippen LogP contribution in [0, 0.1) is 0 Å². The van der Waals surface area contributed by atoms with E-state index in [0.717, 1.165) is 43.8 Å². The van der Waals surface area contributed by atoms with Crippen LogP contribution in [0.25, 0.3) is 0 Å². The van der Waals surface area contributed by atoms with Crippen LogP contribution in [0.2, 0.25) is 0 Å². The number of carbonyl (C=O) groups excluding carboxylic acids is 1. The minimum atomic E-state index is -3.77. The second-order valence-electron chi connectivity index (χ2n) is 7.44. The number of nitrogens with zero attached hydrogens (tertiary/aromatic N) is 4. The molecule has 2 N–H and O–H groups in total. The van der Waals surface area contributed by atoms with E-state index in [-0.39, 0.29) is 12.6 Å². The summed E-state index contributed by atoms with van der Waals surface area (Å²) in [5, 5.41) is 10.1. The summed E-state index contributed by atoms with van der Waals surface area (Å²) in [7, 11) is -3.77. The number of hydrogen-bond donors (Lipinski definition) is 1. The summed E-state index contributed by atoms with van der Waals surface area (Å²) in [5.74, 6) is -0.997. The van der Waals surface area contributed by atoms with Crippen LogP contribution in [0.15, 0.2) is 0 Å². The second kappa shape index (κ2) is 7.87. The first-order valence-corrected chi connectivity index (χ1v) is 11.5. The lowest BCUT2D eigenvalue weighted by Gasteiger charge is -2.38. The first-order chi connectivity index (χ1) is 12.3. The van der Waals surface area contributed by atoms with E-state index in [1.165, 1.54) is 15.6 Å². The zero-order valence-corrected chi connectivity index (χ0v) is 16.9. The predicted octanol–water partition coefficient (Wildman–Crippen LogP) is 0.905. The Morgan fingerprint density at radius 1 is 1.27 bits per heavy atom. The molecule has 8 nitrogen and oxygen atoms in total. The number of amides is 1. The van der Waals surface area contributed by atoms with E-state index < -0.39 is 21.7 Å². The molecule has 146 valence electrons. The number of hydrogen-bond acceptors (Lipinski definition) is 7. The summed E-state index contributed by atoms with van der Waals surface area (Å²) < 4.78 is 27.0. The monoisotopic (exact) mass is 401 g/mol. The summed E-state index contributed by atoms with van der Waals surface area (Å²) in [6, 6.07) is 0.304. The molecule has 1 aliphatic heterocycles. The molecule has 1 aromatic heterocycles. The largest absolute Gasteiger partial charge is 0.369 e. The van der Waals surface area contributed by atoms with Crippen molar-refractivity contribution >= 4 is 27.3 Å². The Balaban J connectivity index is 1.76. The van der Waals surface area contributed by atoms with E-state index in [2.05, 4.69) is 28.9 Å². The summed E-state index contributed by atoms with van der Waals surface area (Å²) in [5.41, 5.74) is 5.17. The molecule has 0 radical (unpaired) electrons. The molecule has 0 spiro atoms. The number of likely N-dealkylation sites (tertiary alicyclic amines) is 1. The minimum absolute atomic E-state index is 0.136. The zero-order chi connectivity index (χ0) is 18.9. The molecule has 1 saturated carbocycles. The van der Waals surface area contributed by atoms with Gasteiger partial charge in [0.25, 0.3) is 0 Å². The Kier molecular flexibility index (Phi) is 5.95. The topological polar surface area (TPSA) is 109 Å². The smallest absolute Gasteiger partial charge is 0.234 e. The van der Waals surface area contributed by atoms with Crippen LogP contribution < -0.4 is 5.73 Å². The van der Waals surface area contributed by atoms with Crippen molar-refractivity contribution in [2.45, 2.75) is 64.1 Å². The molecule has 2 fully saturated rings. The van der Waals surface area contributed by atoms with Crippen molar-refractivity contribution in [2.24, 2.45) is 5.73 Å². The highest BCUT2D eigenvalue weighted by atomic mass is 32.2. The van der Waals surface area contributed by atoms with Gasteiger partial charge < -0.3 is 10.6 Å². The van der Waals surface area contributed by atoms with E-state index in [4.69, 9.17) is 5.73 Å². The Hall–Kier alpha value is -1.10. The van der Waals surface area contributed by atoms with Crippen molar-refractivity contribution in [1.82, 2.24) is 19.4 Å². The number of piperidine rings is 1. The van der Waals surface area contributed by atoms with Crippen molar-refractivity contribution < 1.29 is 13.2 Å². The number of nitrogens with two attached hydrogens (primary N) is 1. The molecule has 2 aliphatic rings. The molecule has 10 heteroatoms. The molecule has 3 rings (SSSR count). The SMILES string of the molecule is CC(C)N1CCC(N(Cc2nnc(C3CC3)s2)S(=O)(=O)CC(N)=O)CC1. The number of carbonyl (C=O) groups is 1. The molecular weight excluding hydrogens is 374 g/mol. The fourth-order valence-electron chi connectivity index (χ4n) is 3.37. The van der Waals surface area contributed by atoms with Gasteiger partial charge in [-0.1, -0.05) is 11.3 Å². The highest BCUT2D eigenvalue weighted by Gasteiger charge is 2.35. The first kappa shape index (κ1) is 19.7. The molecule has 2 heterocycles. The van der Waals surface area contributed by atoms with Gasteiger partial charge in [-0.05, 0) is 52.6 Å². The van der Waals surface area contributed by atoms with Crippen LogP contribution in [-0.2, 0) is 21.4 Å². The van der Waals surface area contributed by atoms with Crippen LogP contribution >= 0.6 is 11.3 Å². The summed E-state index contributed by atoms with van der Waals surface area (Å²) in [4.78, 5) is 13.6. The maximum atomic E-state index is 12.8. The Morgan fingerprint density at radius 3 is 2.46 bits per heavy atom. The van der Waals surface area contributed by atoms with Crippen LogP contribution in [0.3, 0.4) is 0 Å². The lowest BCUT2D eigenvalue weighted by Crippen LogP contribution is -2.50. The zero-order valence-electron chi connectivity index (χ0n) is 15.3. The molecule has 1 amide bonds. The first-order valence-electron chi connectivity index (χ1n) is 9.10. The fourth-order valence-corrected chi connectivity index (χ4v) is 5.97. The lowest BCUT2D eigenvalue weighted by atomic mass is 10.0. The third kappa shape index (κ3) is 4.79. The Bertz CT molecular complexity index is 737. The Morgan fingerprint density at radius 2 is 1.92 bits per heavy atom. The molecular formula is C16H27N5O3S2. The van der Waals surface area contributed by atoms with Gasteiger partial charge in [-0.25, -0.2) is 8.42 Å². The number of rotatable bonds is 8. The normalized spacial score (nSPS) is 20.2. The summed E-state index contributed by atoms with van der Waals surface area (Å²) in [6.45, 7) is 6.14. The van der Waals surface area contributed by atoms with Gasteiger partial charge in [0.2, 0.25) is 15.9 Å². The van der Waals surface area contributed by atoms with Gasteiger partial charge in [-0.3, -0.25) is 4.79 Å². The third-order valence-corrected chi connectivity index (χ3v) is 7.88. The summed E-state index contributed by atoms with van der Waals surface area (Å²) in [6.07, 6.45) is 3.74. The van der Waals surface area contributed by atoms with E-state index >= 15 is 0 Å². The van der Waals surface area contributed by atoms with Gasteiger partial charge in [0.05, 0.1) is 6.54 Å². The van der Waals surface area contributed by atoms with E-state index in [1.807, 2.05) is 0 Å². The Labute approximate surface area is 158 Å². The van der Waals surface area contributed by atoms with Gasteiger partial charge in [-0.2, -0.15) is 4.31 Å². The van der Waals surface area contributed by atoms with Gasteiger partial charge in [0.1, 0.15) is 15.8 Å². The van der Waals surface area contributed by atoms with Crippen molar-refractivity contribution in [3.05, 3.63) is 10.0 Å². The second-order valence-corrected chi connectivity index (χ2v) is 10.5. The predicted molar refractivity (Wildman–Crippen MR) is 100 cm³/mol. The maximum absolute atomic E-state index is 12.8. The molecule has 26 heavy (non-hydrogen) atoms. The highest BCUT2D eigenvalue weighted by molar-refractivity contribution is 7.89. The number of primary amides is 1. The minimum Gasteiger partial charge on any atom is -0.369 e. The van der Waals surface area contributed by atoms with Gasteiger partial charge in [0.15, 0.2) is 0 Å². The standard InChI is InChI=1S/C16H27N5O3S2/c1-11(2)20-7-5-13(6-8-20)21(26(23,24)10-14(17)22)9-15-18-19-16(25-15)12-3-4-12/h11-13H,3-10H2,1-2H3,(H2,17,22). The van der Waals surface area contributed by atoms with Crippen molar-refractivity contribution in [3.63, 3.8) is 0 Å². The summed E-state index contributed by atoms with van der Waals surface area (Å²) >= 11 is 1.48. The van der Waals surface area contributed by atoms with Crippen molar-refractivity contribution in [1.29, 1.82) is 0 Å². The van der Waals surface area contributed by atoms with Crippen LogP contribution in [0.5, 0.6) is 0 Å². The fraction of sp³-hybridized carbons (Fsp3) is 0.812. The van der Waals surface area contributed by atoms with Crippen molar-refractivity contribution in [3.8, 4) is 0 Å². The average Bonchev–Trinajstić information content (AvgIpc) is 3.30. The average molecular weight is 402 g/mol. The number of aromatic nitrogens is 2. The molecule has 0 unspecified atom stereocenters. The molecule has 0 bridgehead atoms. The quantitative estimate of drug-likeness (QED) is 0.693. The van der Waals surface area contributed by atoms with E-state index in [1.54, 1.807) is 0 Å². The molecule has 1 saturated heterocycles. The van der Waals surface area contributed by atoms with Gasteiger partial charge >= 0.3 is 0 Å². The van der Waals surface area contributed by atoms with Crippen LogP contribution in [0.1, 0.15) is 55.5 Å². The molecule has 1 aromatic rings. The van der Waals surface area contributed by atoms with Gasteiger partial charge in [0, 0.05) is 18.0 Å². The van der Waals surface area contributed by atoms with Crippen molar-refractivity contribution in [2.75, 3.05) is 18.8 Å². The van der Waals surface area contributed by atoms with Gasteiger partial charge in [-0.15, -0.1) is 10.2 Å². The van der Waals surface area contributed by atoms with Crippen LogP contribution in [-0.4, -0.2) is 64.7 Å². The van der Waals surface area contributed by atoms with E-state index in [0.29, 0.717) is 17.0 Å². The maximum Gasteiger partial charge on any atom is 0.234 e. The number of sulfonamides is 1. The lowest BCUT2D eigenvalue weighted by molar-refractivity contribution is -0.115. The highest BCUT2D eigenvalue weighted by Crippen LogP contribution is 2.41. The van der Waals surface area contributed by atoms with Crippen LogP contribution in [0.4, 0.5) is 0 Å². The van der Waals surface area contributed by atoms with E-state index in [9.17, 15) is 13.2 Å². The third-order valence-electron chi connectivity index (χ3n) is 5.02. The molecule has 0 aromatic carbocycles. The molecule has 0 atom stereocenters. The molecule has 1 aliphatic carbocycles.